The second kappa shape index (κ2) is 11.3. The Morgan fingerprint density at radius 3 is 2.78 bits per heavy atom. The number of nitrogens with zero attached hydrogens (tertiary/aromatic N) is 2. The van der Waals surface area contributed by atoms with Crippen molar-refractivity contribution in [3.8, 4) is 17.0 Å². The number of imidazole rings is 1. The van der Waals surface area contributed by atoms with E-state index >= 15 is 0 Å². The number of carbonyl (C=O) groups is 1. The molecule has 0 unspecified atom stereocenters. The SMILES string of the molecule is Cc1nc(-c2ccc(O[C@@H]3CCNC[C@@H]3F)c(C(N)=O)c2)cn1COCC[Si](C)(C)C.Cl. The van der Waals surface area contributed by atoms with E-state index in [2.05, 4.69) is 29.9 Å². The van der Waals surface area contributed by atoms with Crippen molar-refractivity contribution in [2.75, 3.05) is 19.7 Å². The van der Waals surface area contributed by atoms with E-state index in [0.717, 1.165) is 24.0 Å². The largest absolute Gasteiger partial charge is 0.486 e. The summed E-state index contributed by atoms with van der Waals surface area (Å²) < 4.78 is 27.7. The molecule has 1 aromatic carbocycles. The molecule has 32 heavy (non-hydrogen) atoms. The van der Waals surface area contributed by atoms with Crippen LogP contribution in [-0.2, 0) is 11.5 Å². The second-order valence-electron chi connectivity index (χ2n) is 9.23. The van der Waals surface area contributed by atoms with Gasteiger partial charge in [0.15, 0.2) is 0 Å². The minimum atomic E-state index is -1.13. The average molecular weight is 485 g/mol. The highest BCUT2D eigenvalue weighted by Gasteiger charge is 2.27. The zero-order chi connectivity index (χ0) is 22.6. The Hall–Kier alpha value is -1.94. The van der Waals surface area contributed by atoms with E-state index in [9.17, 15) is 9.18 Å². The molecule has 1 aliphatic rings. The van der Waals surface area contributed by atoms with Crippen LogP contribution in [0.4, 0.5) is 4.39 Å². The predicted octanol–water partition coefficient (Wildman–Crippen LogP) is 3.77. The smallest absolute Gasteiger partial charge is 0.252 e. The molecule has 1 aromatic heterocycles. The number of primary amides is 1. The number of nitrogens with two attached hydrogens (primary N) is 1. The number of rotatable bonds is 9. The lowest BCUT2D eigenvalue weighted by Gasteiger charge is -2.28. The standard InChI is InChI=1S/C22H33FN4O3Si.ClH/c1-15-26-19(13-27(15)14-29-9-10-31(2,3)4)16-5-6-20(17(11-16)22(24)28)30-21-7-8-25-12-18(21)23;/h5-6,11,13,18,21,25H,7-10,12,14H2,1-4H3,(H2,24,28);1H/t18-,21+;/m0./s1. The van der Waals surface area contributed by atoms with Crippen LogP contribution in [0.15, 0.2) is 24.4 Å². The van der Waals surface area contributed by atoms with E-state index in [-0.39, 0.29) is 24.5 Å². The molecule has 10 heteroatoms. The van der Waals surface area contributed by atoms with E-state index in [1.165, 1.54) is 0 Å². The van der Waals surface area contributed by atoms with Gasteiger partial charge in [0.05, 0.1) is 11.3 Å². The maximum atomic E-state index is 14.1. The molecule has 1 saturated heterocycles. The van der Waals surface area contributed by atoms with Crippen molar-refractivity contribution in [1.82, 2.24) is 14.9 Å². The van der Waals surface area contributed by atoms with Crippen LogP contribution in [0.25, 0.3) is 11.3 Å². The summed E-state index contributed by atoms with van der Waals surface area (Å²) in [5, 5.41) is 2.99. The summed E-state index contributed by atoms with van der Waals surface area (Å²) >= 11 is 0. The molecule has 7 nitrogen and oxygen atoms in total. The van der Waals surface area contributed by atoms with Gasteiger partial charge in [0.2, 0.25) is 0 Å². The highest BCUT2D eigenvalue weighted by molar-refractivity contribution is 6.76. The fourth-order valence-corrected chi connectivity index (χ4v) is 4.15. The first kappa shape index (κ1) is 26.3. The normalized spacial score (nSPS) is 18.8. The number of piperidine rings is 1. The zero-order valence-electron chi connectivity index (χ0n) is 19.2. The van der Waals surface area contributed by atoms with Gasteiger partial charge in [-0.15, -0.1) is 12.4 Å². The second-order valence-corrected chi connectivity index (χ2v) is 14.9. The molecule has 3 N–H and O–H groups in total. The topological polar surface area (TPSA) is 91.4 Å². The molecule has 0 radical (unpaired) electrons. The molecule has 0 aliphatic carbocycles. The zero-order valence-corrected chi connectivity index (χ0v) is 21.0. The number of hydrogen-bond donors (Lipinski definition) is 2. The third-order valence-electron chi connectivity index (χ3n) is 5.37. The summed E-state index contributed by atoms with van der Waals surface area (Å²) in [6.07, 6.45) is 0.700. The highest BCUT2D eigenvalue weighted by atomic mass is 35.5. The summed E-state index contributed by atoms with van der Waals surface area (Å²) in [7, 11) is -1.13. The number of amides is 1. The van der Waals surface area contributed by atoms with Crippen LogP contribution in [-0.4, -0.2) is 55.5 Å². The third kappa shape index (κ3) is 7.03. The molecular formula is C22H34ClFN4O3Si. The molecule has 178 valence electrons. The molecule has 3 rings (SSSR count). The Morgan fingerprint density at radius 1 is 1.38 bits per heavy atom. The van der Waals surface area contributed by atoms with Gasteiger partial charge in [0.25, 0.3) is 5.91 Å². The number of benzene rings is 1. The Kier molecular flexibility index (Phi) is 9.26. The van der Waals surface area contributed by atoms with Gasteiger partial charge < -0.3 is 25.1 Å². The van der Waals surface area contributed by atoms with Crippen molar-refractivity contribution >= 4 is 26.4 Å². The van der Waals surface area contributed by atoms with Crippen LogP contribution in [0.3, 0.4) is 0 Å². The van der Waals surface area contributed by atoms with E-state index in [4.69, 9.17) is 15.2 Å². The van der Waals surface area contributed by atoms with Crippen LogP contribution in [0.2, 0.25) is 25.7 Å². The minimum Gasteiger partial charge on any atom is -0.486 e. The summed E-state index contributed by atoms with van der Waals surface area (Å²) in [6, 6.07) is 6.25. The fourth-order valence-electron chi connectivity index (χ4n) is 3.40. The van der Waals surface area contributed by atoms with Gasteiger partial charge in [0.1, 0.15) is 30.6 Å². The molecule has 0 bridgehead atoms. The average Bonchev–Trinajstić information content (AvgIpc) is 3.07. The Bertz CT molecular complexity index is 919. The Labute approximate surface area is 196 Å². The molecular weight excluding hydrogens is 451 g/mol. The van der Waals surface area contributed by atoms with Crippen LogP contribution < -0.4 is 15.8 Å². The van der Waals surface area contributed by atoms with Gasteiger partial charge in [0, 0.05) is 33.0 Å². The van der Waals surface area contributed by atoms with Gasteiger partial charge in [-0.25, -0.2) is 9.37 Å². The van der Waals surface area contributed by atoms with Crippen molar-refractivity contribution in [2.45, 2.75) is 58.0 Å². The number of aromatic nitrogens is 2. The van der Waals surface area contributed by atoms with E-state index in [1.54, 1.807) is 12.1 Å². The Balaban J connectivity index is 0.00000363. The van der Waals surface area contributed by atoms with Crippen LogP contribution in [0.5, 0.6) is 5.75 Å². The molecule has 2 aromatic rings. The van der Waals surface area contributed by atoms with Crippen LogP contribution in [0, 0.1) is 6.92 Å². The van der Waals surface area contributed by atoms with Gasteiger partial charge >= 0.3 is 0 Å². The number of aryl methyl sites for hydroxylation is 1. The molecule has 0 saturated carbocycles. The number of carbonyl (C=O) groups excluding carboxylic acids is 1. The van der Waals surface area contributed by atoms with Crippen molar-refractivity contribution < 1.29 is 18.7 Å². The summed E-state index contributed by atoms with van der Waals surface area (Å²) in [6.45, 7) is 10.9. The molecule has 1 amide bonds. The maximum Gasteiger partial charge on any atom is 0.252 e. The highest BCUT2D eigenvalue weighted by Crippen LogP contribution is 2.28. The number of hydrogen-bond acceptors (Lipinski definition) is 5. The van der Waals surface area contributed by atoms with Crippen molar-refractivity contribution in [3.05, 3.63) is 35.8 Å². The third-order valence-corrected chi connectivity index (χ3v) is 7.07. The first-order chi connectivity index (χ1) is 14.6. The van der Waals surface area contributed by atoms with Gasteiger partial charge in [-0.05, 0) is 44.1 Å². The van der Waals surface area contributed by atoms with Gasteiger partial charge in [-0.2, -0.15) is 0 Å². The summed E-state index contributed by atoms with van der Waals surface area (Å²) in [4.78, 5) is 16.6. The van der Waals surface area contributed by atoms with Crippen LogP contribution in [0.1, 0.15) is 22.6 Å². The van der Waals surface area contributed by atoms with Crippen molar-refractivity contribution in [3.63, 3.8) is 0 Å². The molecule has 0 spiro atoms. The van der Waals surface area contributed by atoms with E-state index < -0.39 is 26.3 Å². The summed E-state index contributed by atoms with van der Waals surface area (Å²) in [5.41, 5.74) is 7.27. The molecule has 1 fully saturated rings. The lowest BCUT2D eigenvalue weighted by atomic mass is 10.1. The lowest BCUT2D eigenvalue weighted by Crippen LogP contribution is -2.44. The van der Waals surface area contributed by atoms with Crippen molar-refractivity contribution in [1.29, 1.82) is 0 Å². The number of ether oxygens (including phenoxy) is 2. The summed E-state index contributed by atoms with van der Waals surface area (Å²) in [5.74, 6) is 0.502. The number of nitrogens with one attached hydrogen (secondary N) is 1. The Morgan fingerprint density at radius 2 is 2.12 bits per heavy atom. The number of halogens is 2. The monoisotopic (exact) mass is 484 g/mol. The first-order valence-corrected chi connectivity index (χ1v) is 14.4. The first-order valence-electron chi connectivity index (χ1n) is 10.7. The number of alkyl halides is 1. The quantitative estimate of drug-likeness (QED) is 0.417. The maximum absolute atomic E-state index is 14.1. The van der Waals surface area contributed by atoms with Crippen LogP contribution >= 0.6 is 12.4 Å². The molecule has 2 heterocycles. The van der Waals surface area contributed by atoms with E-state index in [0.29, 0.717) is 31.1 Å². The minimum absolute atomic E-state index is 0. The van der Waals surface area contributed by atoms with Gasteiger partial charge in [-0.1, -0.05) is 19.6 Å². The van der Waals surface area contributed by atoms with Gasteiger partial charge in [-0.3, -0.25) is 4.79 Å². The fraction of sp³-hybridized carbons (Fsp3) is 0.545. The molecule has 1 aliphatic heterocycles. The van der Waals surface area contributed by atoms with E-state index in [1.807, 2.05) is 23.8 Å². The lowest BCUT2D eigenvalue weighted by molar-refractivity contribution is 0.0713. The molecule has 2 atom stereocenters. The van der Waals surface area contributed by atoms with Crippen molar-refractivity contribution in [2.24, 2.45) is 5.73 Å². The predicted molar refractivity (Wildman–Crippen MR) is 129 cm³/mol.